The van der Waals surface area contributed by atoms with E-state index in [9.17, 15) is 0 Å². The average molecular weight is 695 g/mol. The molecule has 1 heterocycles. The number of aryl methyl sites for hydroxylation is 1. The van der Waals surface area contributed by atoms with Crippen LogP contribution in [0.4, 0.5) is 0 Å². The van der Waals surface area contributed by atoms with Gasteiger partial charge in [-0.15, -0.1) is 0 Å². The van der Waals surface area contributed by atoms with Crippen molar-refractivity contribution in [1.82, 2.24) is 9.88 Å². The predicted molar refractivity (Wildman–Crippen MR) is 230 cm³/mol. The number of allylic oxidation sites excluding steroid dienone is 6. The Bertz CT molecular complexity index is 2800. The molecule has 2 aliphatic carbocycles. The standard InChI is InChI=1S/C52H42N2/c1-3-14-36(15-4-1)28-33-48(41-20-13-19-40(34-41)38-16-5-2-6-17-38)53-35-37-26-30-42(31-27-37)54-49-25-12-11-24-47(49)51-50-43-21-8-7-18-39(43)29-32-45(50)44-22-9-10-23-46(44)52(51)54/h1-10,12-23,25-27,29-33,41,53H,11,24,28,34-35H2/b48-33-. The first kappa shape index (κ1) is 32.3. The lowest BCUT2D eigenvalue weighted by atomic mass is 9.87. The molecule has 2 nitrogen and oxygen atoms in total. The number of fused-ring (bicyclic) bond motifs is 10. The summed E-state index contributed by atoms with van der Waals surface area (Å²) in [6.45, 7) is 0.764. The number of benzene rings is 7. The summed E-state index contributed by atoms with van der Waals surface area (Å²) in [6, 6.07) is 53.4. The molecule has 0 bridgehead atoms. The second-order valence-electron chi connectivity index (χ2n) is 14.7. The molecule has 260 valence electrons. The Morgan fingerprint density at radius 3 is 2.24 bits per heavy atom. The molecule has 8 aromatic rings. The van der Waals surface area contributed by atoms with Crippen LogP contribution >= 0.6 is 0 Å². The van der Waals surface area contributed by atoms with E-state index in [2.05, 4.69) is 192 Å². The molecule has 0 saturated heterocycles. The smallest absolute Gasteiger partial charge is 0.0622 e. The van der Waals surface area contributed by atoms with Crippen LogP contribution in [0.25, 0.3) is 60.6 Å². The van der Waals surface area contributed by atoms with Crippen LogP contribution in [0.15, 0.2) is 182 Å². The maximum absolute atomic E-state index is 3.91. The third-order valence-corrected chi connectivity index (χ3v) is 11.5. The lowest BCUT2D eigenvalue weighted by molar-refractivity contribution is 0.657. The van der Waals surface area contributed by atoms with E-state index in [4.69, 9.17) is 0 Å². The van der Waals surface area contributed by atoms with E-state index in [1.54, 1.807) is 0 Å². The zero-order valence-corrected chi connectivity index (χ0v) is 30.4. The molecule has 1 atom stereocenters. The van der Waals surface area contributed by atoms with Crippen molar-refractivity contribution in [3.05, 3.63) is 210 Å². The largest absolute Gasteiger partial charge is 0.384 e. The van der Waals surface area contributed by atoms with Crippen LogP contribution in [0.5, 0.6) is 0 Å². The first-order valence-electron chi connectivity index (χ1n) is 19.4. The highest BCUT2D eigenvalue weighted by Crippen LogP contribution is 2.45. The third-order valence-electron chi connectivity index (χ3n) is 11.5. The van der Waals surface area contributed by atoms with Gasteiger partial charge in [-0.25, -0.2) is 0 Å². The number of rotatable bonds is 8. The van der Waals surface area contributed by atoms with Gasteiger partial charge < -0.3 is 9.88 Å². The van der Waals surface area contributed by atoms with E-state index in [0.717, 1.165) is 32.2 Å². The molecule has 7 aromatic carbocycles. The van der Waals surface area contributed by atoms with Gasteiger partial charge in [0.15, 0.2) is 0 Å². The Morgan fingerprint density at radius 2 is 1.41 bits per heavy atom. The molecule has 0 aliphatic heterocycles. The van der Waals surface area contributed by atoms with Crippen LogP contribution in [0, 0.1) is 5.92 Å². The van der Waals surface area contributed by atoms with Crippen molar-refractivity contribution in [3.8, 4) is 5.69 Å². The van der Waals surface area contributed by atoms with E-state index < -0.39 is 0 Å². The number of nitrogens with zero attached hydrogens (tertiary/aromatic N) is 1. The lowest BCUT2D eigenvalue weighted by Crippen LogP contribution is -2.21. The minimum absolute atomic E-state index is 0.289. The van der Waals surface area contributed by atoms with Gasteiger partial charge in [-0.1, -0.05) is 164 Å². The van der Waals surface area contributed by atoms with Gasteiger partial charge in [0.2, 0.25) is 0 Å². The summed E-state index contributed by atoms with van der Waals surface area (Å²) in [6.07, 6.45) is 17.9. The first-order chi connectivity index (χ1) is 26.8. The monoisotopic (exact) mass is 694 g/mol. The molecule has 0 radical (unpaired) electrons. The molecule has 2 aliphatic rings. The van der Waals surface area contributed by atoms with Gasteiger partial charge in [0, 0.05) is 40.3 Å². The van der Waals surface area contributed by atoms with E-state index >= 15 is 0 Å². The molecule has 1 N–H and O–H groups in total. The fraction of sp³-hybridized carbons (Fsp3) is 0.115. The van der Waals surface area contributed by atoms with Crippen LogP contribution in [-0.4, -0.2) is 4.57 Å². The van der Waals surface area contributed by atoms with Crippen molar-refractivity contribution in [2.45, 2.75) is 32.2 Å². The summed E-state index contributed by atoms with van der Waals surface area (Å²) in [5.41, 5.74) is 11.8. The Kier molecular flexibility index (Phi) is 8.30. The zero-order valence-electron chi connectivity index (χ0n) is 30.4. The second kappa shape index (κ2) is 13.9. The van der Waals surface area contributed by atoms with Gasteiger partial charge in [-0.2, -0.15) is 0 Å². The lowest BCUT2D eigenvalue weighted by Gasteiger charge is -2.24. The Morgan fingerprint density at radius 1 is 0.667 bits per heavy atom. The summed E-state index contributed by atoms with van der Waals surface area (Å²) < 4.78 is 2.54. The number of nitrogens with one attached hydrogen (secondary N) is 1. The molecular formula is C52H42N2. The number of aromatic nitrogens is 1. The van der Waals surface area contributed by atoms with E-state index in [1.165, 1.54) is 88.1 Å². The minimum Gasteiger partial charge on any atom is -0.384 e. The van der Waals surface area contributed by atoms with Crippen molar-refractivity contribution >= 4 is 54.9 Å². The van der Waals surface area contributed by atoms with Gasteiger partial charge >= 0.3 is 0 Å². The summed E-state index contributed by atoms with van der Waals surface area (Å²) in [4.78, 5) is 0. The van der Waals surface area contributed by atoms with Crippen molar-refractivity contribution in [2.24, 2.45) is 5.92 Å². The highest BCUT2D eigenvalue weighted by Gasteiger charge is 2.24. The van der Waals surface area contributed by atoms with Crippen LogP contribution in [0.1, 0.15) is 40.8 Å². The predicted octanol–water partition coefficient (Wildman–Crippen LogP) is 12.9. The third kappa shape index (κ3) is 5.76. The normalized spacial score (nSPS) is 15.6. The SMILES string of the molecule is C1=CC(/C(=C/Cc2ccccc2)NCc2ccc(-n3c4c(c5c6c7ccccc7ccc6c6ccccc6c53)CCC=C4)cc2)CC(c2ccccc2)=C1. The molecule has 54 heavy (non-hydrogen) atoms. The van der Waals surface area contributed by atoms with Gasteiger partial charge in [0.05, 0.1) is 5.52 Å². The highest BCUT2D eigenvalue weighted by molar-refractivity contribution is 6.32. The summed E-state index contributed by atoms with van der Waals surface area (Å²) in [5.74, 6) is 0.289. The summed E-state index contributed by atoms with van der Waals surface area (Å²) >= 11 is 0. The van der Waals surface area contributed by atoms with Crippen molar-refractivity contribution < 1.29 is 0 Å². The molecule has 10 rings (SSSR count). The average Bonchev–Trinajstić information content (AvgIpc) is 3.60. The first-order valence-corrected chi connectivity index (χ1v) is 19.4. The van der Waals surface area contributed by atoms with Crippen LogP contribution < -0.4 is 5.32 Å². The fourth-order valence-electron chi connectivity index (χ4n) is 8.89. The maximum atomic E-state index is 3.91. The zero-order chi connectivity index (χ0) is 35.8. The minimum atomic E-state index is 0.289. The molecular weight excluding hydrogens is 653 g/mol. The topological polar surface area (TPSA) is 17.0 Å². The Labute approximate surface area is 317 Å². The van der Waals surface area contributed by atoms with E-state index in [1.807, 2.05) is 0 Å². The summed E-state index contributed by atoms with van der Waals surface area (Å²) in [7, 11) is 0. The van der Waals surface area contributed by atoms with Gasteiger partial charge in [0.1, 0.15) is 0 Å². The van der Waals surface area contributed by atoms with E-state index in [-0.39, 0.29) is 5.92 Å². The molecule has 0 fully saturated rings. The number of hydrogen-bond acceptors (Lipinski definition) is 1. The maximum Gasteiger partial charge on any atom is 0.0622 e. The van der Waals surface area contributed by atoms with Crippen molar-refractivity contribution in [2.75, 3.05) is 0 Å². The van der Waals surface area contributed by atoms with Crippen molar-refractivity contribution in [3.63, 3.8) is 0 Å². The molecule has 0 spiro atoms. The molecule has 1 aromatic heterocycles. The Hall–Kier alpha value is -6.38. The molecule has 0 saturated carbocycles. The molecule has 0 amide bonds. The fourth-order valence-corrected chi connectivity index (χ4v) is 8.89. The van der Waals surface area contributed by atoms with Gasteiger partial charge in [0.25, 0.3) is 0 Å². The van der Waals surface area contributed by atoms with Crippen molar-refractivity contribution in [1.29, 1.82) is 0 Å². The Balaban J connectivity index is 1.02. The van der Waals surface area contributed by atoms with Crippen LogP contribution in [-0.2, 0) is 19.4 Å². The van der Waals surface area contributed by atoms with Gasteiger partial charge in [-0.05, 0) is 98.7 Å². The number of hydrogen-bond donors (Lipinski definition) is 1. The van der Waals surface area contributed by atoms with E-state index in [0.29, 0.717) is 0 Å². The van der Waals surface area contributed by atoms with Crippen LogP contribution in [0.3, 0.4) is 0 Å². The second-order valence-corrected chi connectivity index (χ2v) is 14.7. The molecule has 2 heteroatoms. The summed E-state index contributed by atoms with van der Waals surface area (Å²) in [5, 5.41) is 13.3. The van der Waals surface area contributed by atoms with Gasteiger partial charge in [-0.3, -0.25) is 0 Å². The molecule has 1 unspecified atom stereocenters. The quantitative estimate of drug-likeness (QED) is 0.157. The highest BCUT2D eigenvalue weighted by atomic mass is 15.0. The van der Waals surface area contributed by atoms with Crippen LogP contribution in [0.2, 0.25) is 0 Å².